The molecule has 94 valence electrons. The van der Waals surface area contributed by atoms with Gasteiger partial charge in [-0.1, -0.05) is 30.3 Å². The second-order valence-electron chi connectivity index (χ2n) is 5.90. The maximum Gasteiger partial charge on any atom is 0.0541 e. The van der Waals surface area contributed by atoms with Crippen molar-refractivity contribution in [2.45, 2.75) is 56.6 Å². The van der Waals surface area contributed by atoms with Gasteiger partial charge in [0.1, 0.15) is 0 Å². The van der Waals surface area contributed by atoms with Gasteiger partial charge < -0.3 is 10.8 Å². The van der Waals surface area contributed by atoms with Crippen molar-refractivity contribution < 1.29 is 5.11 Å². The van der Waals surface area contributed by atoms with Crippen LogP contribution in [-0.2, 0) is 5.41 Å². The monoisotopic (exact) mass is 233 g/mol. The Hall–Kier alpha value is -0.860. The molecule has 0 bridgehead atoms. The van der Waals surface area contributed by atoms with Crippen molar-refractivity contribution in [2.75, 3.05) is 0 Å². The average Bonchev–Trinajstić information content (AvgIpc) is 2.30. The highest BCUT2D eigenvalue weighted by Gasteiger charge is 2.45. The molecule has 3 N–H and O–H groups in total. The number of aliphatic hydroxyl groups is 1. The van der Waals surface area contributed by atoms with Gasteiger partial charge in [-0.05, 0) is 45.1 Å². The first kappa shape index (κ1) is 12.6. The lowest BCUT2D eigenvalue weighted by molar-refractivity contribution is 0.0690. The number of rotatable bonds is 2. The fourth-order valence-electron chi connectivity index (χ4n) is 3.16. The molecule has 0 amide bonds. The van der Waals surface area contributed by atoms with Crippen molar-refractivity contribution in [2.24, 2.45) is 5.73 Å². The number of nitrogens with two attached hydrogens (primary N) is 1. The molecule has 1 aromatic rings. The molecule has 0 atom stereocenters. The molecule has 17 heavy (non-hydrogen) atoms. The minimum absolute atomic E-state index is 0.00743. The molecule has 0 aliphatic heterocycles. The van der Waals surface area contributed by atoms with Crippen LogP contribution in [0.2, 0.25) is 0 Å². The standard InChI is InChI=1S/C15H23NO/c1-14(2,16)15(10-8-13(17)9-11-15)12-6-4-3-5-7-12/h3-7,13,17H,8-11,16H2,1-2H3. The molecule has 1 fully saturated rings. The largest absolute Gasteiger partial charge is 0.393 e. The lowest BCUT2D eigenvalue weighted by atomic mass is 9.59. The van der Waals surface area contributed by atoms with Crippen LogP contribution in [-0.4, -0.2) is 16.7 Å². The summed E-state index contributed by atoms with van der Waals surface area (Å²) < 4.78 is 0. The third kappa shape index (κ3) is 2.24. The summed E-state index contributed by atoms with van der Waals surface area (Å²) in [6.45, 7) is 4.22. The number of hydrogen-bond acceptors (Lipinski definition) is 2. The average molecular weight is 233 g/mol. The molecule has 0 aromatic heterocycles. The zero-order valence-electron chi connectivity index (χ0n) is 10.8. The molecule has 1 aliphatic carbocycles. The zero-order chi connectivity index (χ0) is 12.5. The van der Waals surface area contributed by atoms with Crippen LogP contribution >= 0.6 is 0 Å². The molecule has 0 unspecified atom stereocenters. The van der Waals surface area contributed by atoms with Gasteiger partial charge in [0, 0.05) is 11.0 Å². The smallest absolute Gasteiger partial charge is 0.0541 e. The molecule has 1 aliphatic rings. The topological polar surface area (TPSA) is 46.2 Å². The first-order chi connectivity index (χ1) is 7.96. The maximum absolute atomic E-state index is 9.71. The third-order valence-corrected chi connectivity index (χ3v) is 4.37. The molecule has 2 nitrogen and oxygen atoms in total. The van der Waals surface area contributed by atoms with Crippen molar-refractivity contribution in [1.82, 2.24) is 0 Å². The summed E-state index contributed by atoms with van der Waals surface area (Å²) in [5, 5.41) is 9.71. The van der Waals surface area contributed by atoms with E-state index >= 15 is 0 Å². The van der Waals surface area contributed by atoms with Crippen LogP contribution in [0.4, 0.5) is 0 Å². The van der Waals surface area contributed by atoms with Crippen LogP contribution in [0.25, 0.3) is 0 Å². The Kier molecular flexibility index (Phi) is 3.28. The van der Waals surface area contributed by atoms with Gasteiger partial charge in [0.15, 0.2) is 0 Å². The molecule has 0 radical (unpaired) electrons. The summed E-state index contributed by atoms with van der Waals surface area (Å²) in [7, 11) is 0. The van der Waals surface area contributed by atoms with E-state index in [-0.39, 0.29) is 17.1 Å². The van der Waals surface area contributed by atoms with Crippen LogP contribution in [0.15, 0.2) is 30.3 Å². The van der Waals surface area contributed by atoms with E-state index in [1.807, 2.05) is 6.07 Å². The van der Waals surface area contributed by atoms with Gasteiger partial charge in [0.25, 0.3) is 0 Å². The minimum Gasteiger partial charge on any atom is -0.393 e. The van der Waals surface area contributed by atoms with E-state index in [0.29, 0.717) is 0 Å². The SMILES string of the molecule is CC(C)(N)C1(c2ccccc2)CCC(O)CC1. The second kappa shape index (κ2) is 4.43. The minimum atomic E-state index is -0.255. The van der Waals surface area contributed by atoms with Crippen LogP contribution in [0, 0.1) is 0 Å². The van der Waals surface area contributed by atoms with E-state index < -0.39 is 0 Å². The highest BCUT2D eigenvalue weighted by molar-refractivity contribution is 5.30. The van der Waals surface area contributed by atoms with Crippen molar-refractivity contribution in [3.05, 3.63) is 35.9 Å². The maximum atomic E-state index is 9.71. The lowest BCUT2D eigenvalue weighted by Crippen LogP contribution is -2.56. The Balaban J connectivity index is 2.39. The van der Waals surface area contributed by atoms with Crippen molar-refractivity contribution in [1.29, 1.82) is 0 Å². The van der Waals surface area contributed by atoms with Crippen LogP contribution in [0.3, 0.4) is 0 Å². The normalized spacial score (nSPS) is 30.2. The fraction of sp³-hybridized carbons (Fsp3) is 0.600. The van der Waals surface area contributed by atoms with E-state index in [4.69, 9.17) is 5.73 Å². The first-order valence-electron chi connectivity index (χ1n) is 6.48. The summed E-state index contributed by atoms with van der Waals surface area (Å²) >= 11 is 0. The van der Waals surface area contributed by atoms with Crippen LogP contribution in [0.1, 0.15) is 45.1 Å². The Morgan fingerprint density at radius 3 is 2.18 bits per heavy atom. The number of benzene rings is 1. The van der Waals surface area contributed by atoms with Gasteiger partial charge in [0.05, 0.1) is 6.10 Å². The predicted octanol–water partition coefficient (Wildman–Crippen LogP) is 2.60. The zero-order valence-corrected chi connectivity index (χ0v) is 10.8. The van der Waals surface area contributed by atoms with Crippen molar-refractivity contribution >= 4 is 0 Å². The van der Waals surface area contributed by atoms with Gasteiger partial charge in [0.2, 0.25) is 0 Å². The Labute approximate surface area is 104 Å². The number of aliphatic hydroxyl groups excluding tert-OH is 1. The second-order valence-corrected chi connectivity index (χ2v) is 5.90. The molecule has 0 saturated heterocycles. The van der Waals surface area contributed by atoms with Gasteiger partial charge in [-0.25, -0.2) is 0 Å². The van der Waals surface area contributed by atoms with Gasteiger partial charge in [-0.3, -0.25) is 0 Å². The molecular weight excluding hydrogens is 210 g/mol. The summed E-state index contributed by atoms with van der Waals surface area (Å²) in [5.41, 5.74) is 7.51. The highest BCUT2D eigenvalue weighted by atomic mass is 16.3. The summed E-state index contributed by atoms with van der Waals surface area (Å²) in [5.74, 6) is 0. The molecule has 2 heteroatoms. The third-order valence-electron chi connectivity index (χ3n) is 4.37. The summed E-state index contributed by atoms with van der Waals surface area (Å²) in [4.78, 5) is 0. The van der Waals surface area contributed by atoms with Crippen LogP contribution in [0.5, 0.6) is 0 Å². The van der Waals surface area contributed by atoms with Gasteiger partial charge >= 0.3 is 0 Å². The van der Waals surface area contributed by atoms with E-state index in [1.54, 1.807) is 0 Å². The summed E-state index contributed by atoms with van der Waals surface area (Å²) in [6.07, 6.45) is 3.52. The van der Waals surface area contributed by atoms with E-state index in [2.05, 4.69) is 38.1 Å². The van der Waals surface area contributed by atoms with Gasteiger partial charge in [-0.15, -0.1) is 0 Å². The van der Waals surface area contributed by atoms with E-state index in [9.17, 15) is 5.11 Å². The van der Waals surface area contributed by atoms with Crippen molar-refractivity contribution in [3.8, 4) is 0 Å². The quantitative estimate of drug-likeness (QED) is 0.824. The predicted molar refractivity (Wildman–Crippen MR) is 70.9 cm³/mol. The van der Waals surface area contributed by atoms with Gasteiger partial charge in [-0.2, -0.15) is 0 Å². The summed E-state index contributed by atoms with van der Waals surface area (Å²) in [6, 6.07) is 10.5. The Morgan fingerprint density at radius 1 is 1.18 bits per heavy atom. The number of hydrogen-bond donors (Lipinski definition) is 2. The van der Waals surface area contributed by atoms with Crippen LogP contribution < -0.4 is 5.73 Å². The van der Waals surface area contributed by atoms with Crippen molar-refractivity contribution in [3.63, 3.8) is 0 Å². The lowest BCUT2D eigenvalue weighted by Gasteiger charge is -2.48. The molecule has 2 rings (SSSR count). The molecule has 1 saturated carbocycles. The van der Waals surface area contributed by atoms with E-state index in [0.717, 1.165) is 25.7 Å². The fourth-order valence-corrected chi connectivity index (χ4v) is 3.16. The first-order valence-corrected chi connectivity index (χ1v) is 6.48. The highest BCUT2D eigenvalue weighted by Crippen LogP contribution is 2.45. The molecule has 0 spiro atoms. The molecular formula is C15H23NO. The molecule has 0 heterocycles. The van der Waals surface area contributed by atoms with E-state index in [1.165, 1.54) is 5.56 Å². The Morgan fingerprint density at radius 2 is 1.71 bits per heavy atom. The molecule has 1 aromatic carbocycles. The Bertz CT molecular complexity index is 358.